The van der Waals surface area contributed by atoms with Crippen LogP contribution < -0.4 is 10.3 Å². The highest BCUT2D eigenvalue weighted by Crippen LogP contribution is 2.41. The zero-order valence-corrected chi connectivity index (χ0v) is 18.7. The highest BCUT2D eigenvalue weighted by molar-refractivity contribution is 6.77. The van der Waals surface area contributed by atoms with E-state index in [1.165, 1.54) is 28.1 Å². The summed E-state index contributed by atoms with van der Waals surface area (Å²) in [5, 5.41) is 3.71. The van der Waals surface area contributed by atoms with Gasteiger partial charge in [-0.25, -0.2) is 0 Å². The summed E-state index contributed by atoms with van der Waals surface area (Å²) in [5.41, 5.74) is 7.22. The molecule has 1 aliphatic rings. The maximum atomic E-state index is 4.11. The first-order valence-corrected chi connectivity index (χ1v) is 13.3. The first-order chi connectivity index (χ1) is 12.8. The van der Waals surface area contributed by atoms with E-state index in [1.807, 2.05) is 0 Å². The fourth-order valence-electron chi connectivity index (χ4n) is 4.21. The van der Waals surface area contributed by atoms with Crippen LogP contribution in [0.15, 0.2) is 54.6 Å². The fraction of sp³-hybridized carbons (Fsp3) is 0.417. The molecule has 0 heterocycles. The van der Waals surface area contributed by atoms with Gasteiger partial charge in [-0.05, 0) is 43.9 Å². The Morgan fingerprint density at radius 2 is 1.59 bits per heavy atom. The average Bonchev–Trinajstić information content (AvgIpc) is 3.03. The van der Waals surface area contributed by atoms with Crippen molar-refractivity contribution in [3.8, 4) is 0 Å². The van der Waals surface area contributed by atoms with Gasteiger partial charge in [-0.3, -0.25) is 0 Å². The molecule has 0 spiro atoms. The average molecular weight is 379 g/mol. The molecule has 27 heavy (non-hydrogen) atoms. The Hall–Kier alpha value is -1.84. The highest BCUT2D eigenvalue weighted by atomic mass is 28.3. The molecule has 0 aromatic heterocycles. The minimum absolute atomic E-state index is 0.213. The van der Waals surface area contributed by atoms with Crippen molar-refractivity contribution < 1.29 is 0 Å². The number of hydrogen-bond acceptors (Lipinski definition) is 2. The van der Waals surface area contributed by atoms with Gasteiger partial charge in [-0.1, -0.05) is 75.5 Å². The van der Waals surface area contributed by atoms with E-state index in [0.29, 0.717) is 5.54 Å². The molecule has 0 saturated carbocycles. The Kier molecular flexibility index (Phi) is 5.64. The molecule has 0 amide bonds. The summed E-state index contributed by atoms with van der Waals surface area (Å²) >= 11 is 0. The van der Waals surface area contributed by atoms with Crippen LogP contribution >= 0.6 is 0 Å². The molecule has 2 N–H and O–H groups in total. The predicted octanol–water partition coefficient (Wildman–Crippen LogP) is 6.46. The van der Waals surface area contributed by atoms with E-state index in [-0.39, 0.29) is 5.54 Å². The minimum Gasteiger partial charge on any atom is -0.355 e. The number of rotatable bonds is 7. The molecule has 0 aliphatic heterocycles. The zero-order chi connectivity index (χ0) is 19.7. The van der Waals surface area contributed by atoms with Crippen LogP contribution in [0.25, 0.3) is 5.70 Å². The number of para-hydroxylation sites is 1. The summed E-state index contributed by atoms with van der Waals surface area (Å²) in [6.45, 7) is 14.1. The lowest BCUT2D eigenvalue weighted by Crippen LogP contribution is -2.59. The number of nitrogens with one attached hydrogen (secondary N) is 2. The van der Waals surface area contributed by atoms with Gasteiger partial charge >= 0.3 is 0 Å². The van der Waals surface area contributed by atoms with Crippen molar-refractivity contribution in [1.29, 1.82) is 0 Å². The second-order valence-corrected chi connectivity index (χ2v) is 13.0. The van der Waals surface area contributed by atoms with Crippen molar-refractivity contribution in [1.82, 2.24) is 4.98 Å². The summed E-state index contributed by atoms with van der Waals surface area (Å²) in [6.07, 6.45) is 4.79. The van der Waals surface area contributed by atoms with E-state index >= 15 is 0 Å². The lowest BCUT2D eigenvalue weighted by molar-refractivity contribution is 0.388. The molecule has 1 unspecified atom stereocenters. The Morgan fingerprint density at radius 3 is 2.26 bits per heavy atom. The van der Waals surface area contributed by atoms with Crippen LogP contribution in [0.5, 0.6) is 0 Å². The second kappa shape index (κ2) is 7.65. The quantitative estimate of drug-likeness (QED) is 0.540. The van der Waals surface area contributed by atoms with Crippen LogP contribution in [-0.2, 0) is 0 Å². The van der Waals surface area contributed by atoms with E-state index in [0.717, 1.165) is 12.8 Å². The first-order valence-electron chi connectivity index (χ1n) is 10.2. The van der Waals surface area contributed by atoms with E-state index in [4.69, 9.17) is 0 Å². The maximum absolute atomic E-state index is 4.11. The number of aryl methyl sites for hydroxylation is 1. The number of fused-ring (bicyclic) bond motifs is 1. The van der Waals surface area contributed by atoms with Crippen LogP contribution in [0, 0.1) is 6.92 Å². The van der Waals surface area contributed by atoms with Crippen molar-refractivity contribution in [2.45, 2.75) is 64.7 Å². The number of hydrogen-bond donors (Lipinski definition) is 2. The minimum atomic E-state index is -1.74. The molecule has 2 nitrogen and oxygen atoms in total. The third-order valence-electron chi connectivity index (χ3n) is 6.30. The van der Waals surface area contributed by atoms with E-state index in [9.17, 15) is 0 Å². The van der Waals surface area contributed by atoms with E-state index in [1.54, 1.807) is 0 Å². The van der Waals surface area contributed by atoms with Crippen LogP contribution in [0.2, 0.25) is 13.1 Å². The molecule has 3 heteroatoms. The van der Waals surface area contributed by atoms with Crippen molar-refractivity contribution in [2.75, 3.05) is 5.32 Å². The molecule has 2 aromatic rings. The second-order valence-electron chi connectivity index (χ2n) is 8.70. The molecule has 0 bridgehead atoms. The number of allylic oxidation sites excluding steroid dienone is 1. The lowest BCUT2D eigenvalue weighted by Gasteiger charge is -2.40. The molecule has 3 rings (SSSR count). The third-order valence-corrected chi connectivity index (χ3v) is 9.58. The largest absolute Gasteiger partial charge is 0.355 e. The first kappa shape index (κ1) is 19.9. The molecule has 1 aliphatic carbocycles. The topological polar surface area (TPSA) is 24.1 Å². The Labute approximate surface area is 166 Å². The fourth-order valence-corrected chi connectivity index (χ4v) is 7.88. The predicted molar refractivity (Wildman–Crippen MR) is 122 cm³/mol. The van der Waals surface area contributed by atoms with Crippen LogP contribution in [0.4, 0.5) is 5.69 Å². The van der Waals surface area contributed by atoms with E-state index in [2.05, 4.69) is 106 Å². The standard InChI is InChI=1S/C24H34N2Si/c1-7-24(4,8-2)26-27(5,6)23-17-22(19-14-10-11-15-20(19)23)25-21-16-12-9-13-18(21)3/h9-17,23,25-26H,7-8H2,1-6H3. The van der Waals surface area contributed by atoms with Crippen molar-refractivity contribution in [3.05, 3.63) is 71.3 Å². The maximum Gasteiger partial charge on any atom is 0.131 e. The molecule has 2 aromatic carbocycles. The summed E-state index contributed by atoms with van der Waals surface area (Å²) in [5.74, 6) is 0. The van der Waals surface area contributed by atoms with Gasteiger partial charge in [0.25, 0.3) is 0 Å². The smallest absolute Gasteiger partial charge is 0.131 e. The Balaban J connectivity index is 1.96. The van der Waals surface area contributed by atoms with Crippen LogP contribution in [0.3, 0.4) is 0 Å². The SMILES string of the molecule is CCC(C)(CC)N[Si](C)(C)C1C=C(Nc2ccccc2C)c2ccccc21. The zero-order valence-electron chi connectivity index (χ0n) is 17.7. The molecular weight excluding hydrogens is 344 g/mol. The van der Waals surface area contributed by atoms with Crippen molar-refractivity contribution in [3.63, 3.8) is 0 Å². The molecule has 144 valence electrons. The molecule has 0 radical (unpaired) electrons. The van der Waals surface area contributed by atoms with Crippen molar-refractivity contribution in [2.24, 2.45) is 0 Å². The van der Waals surface area contributed by atoms with Crippen LogP contribution in [0.1, 0.15) is 55.8 Å². The van der Waals surface area contributed by atoms with E-state index < -0.39 is 8.24 Å². The van der Waals surface area contributed by atoms with Crippen molar-refractivity contribution >= 4 is 19.6 Å². The normalized spacial score (nSPS) is 16.8. The molecule has 0 fully saturated rings. The summed E-state index contributed by atoms with van der Waals surface area (Å²) < 4.78 is 0. The van der Waals surface area contributed by atoms with Gasteiger partial charge in [-0.15, -0.1) is 0 Å². The van der Waals surface area contributed by atoms with Gasteiger partial charge in [-0.2, -0.15) is 0 Å². The molecule has 0 saturated heterocycles. The monoisotopic (exact) mass is 378 g/mol. The summed E-state index contributed by atoms with van der Waals surface area (Å²) in [6, 6.07) is 17.4. The highest BCUT2D eigenvalue weighted by Gasteiger charge is 2.40. The van der Waals surface area contributed by atoms with Crippen LogP contribution in [-0.4, -0.2) is 13.8 Å². The van der Waals surface area contributed by atoms with Gasteiger partial charge in [0.15, 0.2) is 0 Å². The Morgan fingerprint density at radius 1 is 0.963 bits per heavy atom. The molecular formula is C24H34N2Si. The Bertz CT molecular complexity index is 834. The lowest BCUT2D eigenvalue weighted by atomic mass is 9.98. The summed E-state index contributed by atoms with van der Waals surface area (Å²) in [7, 11) is -1.74. The van der Waals surface area contributed by atoms with Gasteiger partial charge in [0.1, 0.15) is 8.24 Å². The number of anilines is 1. The van der Waals surface area contributed by atoms with Gasteiger partial charge in [0, 0.05) is 28.0 Å². The van der Waals surface area contributed by atoms with Gasteiger partial charge in [0.05, 0.1) is 0 Å². The van der Waals surface area contributed by atoms with Gasteiger partial charge < -0.3 is 10.3 Å². The third kappa shape index (κ3) is 4.04. The van der Waals surface area contributed by atoms with Gasteiger partial charge in [0.2, 0.25) is 0 Å². The molecule has 1 atom stereocenters. The number of benzene rings is 2. The summed E-state index contributed by atoms with van der Waals surface area (Å²) in [4.78, 5) is 4.11.